The molecule has 8 nitrogen and oxygen atoms in total. The summed E-state index contributed by atoms with van der Waals surface area (Å²) in [5, 5.41) is 13.6. The first-order valence-electron chi connectivity index (χ1n) is 7.20. The van der Waals surface area contributed by atoms with Crippen molar-refractivity contribution in [2.45, 2.75) is 6.92 Å². The van der Waals surface area contributed by atoms with Crippen LogP contribution in [0.3, 0.4) is 0 Å². The molecule has 2 rings (SSSR count). The third-order valence-corrected chi connectivity index (χ3v) is 4.93. The monoisotopic (exact) mass is 363 g/mol. The molecular weight excluding hydrogens is 346 g/mol. The molecule has 2 aromatic carbocycles. The summed E-state index contributed by atoms with van der Waals surface area (Å²) in [6, 6.07) is 10.5. The van der Waals surface area contributed by atoms with Crippen molar-refractivity contribution in [3.63, 3.8) is 0 Å². The van der Waals surface area contributed by atoms with E-state index in [0.717, 1.165) is 10.6 Å². The standard InChI is InChI=1S/C16H17N3O5S/c1-11-14(8-5-9-15(11)19(21)22)17-16(20)12-6-4-7-13(10-12)18(2)25(3,23)24/h4-10H,1-3H3,(H,17,20). The number of hydrogen-bond donors (Lipinski definition) is 1. The van der Waals surface area contributed by atoms with Gasteiger partial charge < -0.3 is 5.32 Å². The molecule has 0 aliphatic rings. The molecule has 1 N–H and O–H groups in total. The van der Waals surface area contributed by atoms with E-state index in [-0.39, 0.29) is 11.3 Å². The molecule has 132 valence electrons. The van der Waals surface area contributed by atoms with Crippen molar-refractivity contribution in [2.75, 3.05) is 22.9 Å². The lowest BCUT2D eigenvalue weighted by molar-refractivity contribution is -0.385. The maximum absolute atomic E-state index is 12.4. The van der Waals surface area contributed by atoms with Gasteiger partial charge in [0, 0.05) is 18.7 Å². The second-order valence-corrected chi connectivity index (χ2v) is 7.46. The molecule has 0 aromatic heterocycles. The van der Waals surface area contributed by atoms with Gasteiger partial charge in [0.25, 0.3) is 11.6 Å². The van der Waals surface area contributed by atoms with Crippen molar-refractivity contribution in [3.05, 3.63) is 63.7 Å². The van der Waals surface area contributed by atoms with E-state index in [1.165, 1.54) is 31.3 Å². The highest BCUT2D eigenvalue weighted by Gasteiger charge is 2.17. The Labute approximate surface area is 145 Å². The summed E-state index contributed by atoms with van der Waals surface area (Å²) in [6.45, 7) is 1.54. The highest BCUT2D eigenvalue weighted by Crippen LogP contribution is 2.26. The van der Waals surface area contributed by atoms with Crippen molar-refractivity contribution in [1.82, 2.24) is 0 Å². The fourth-order valence-corrected chi connectivity index (χ4v) is 2.68. The van der Waals surface area contributed by atoms with E-state index in [1.54, 1.807) is 25.1 Å². The molecule has 0 spiro atoms. The summed E-state index contributed by atoms with van der Waals surface area (Å²) >= 11 is 0. The van der Waals surface area contributed by atoms with Crippen LogP contribution in [0.25, 0.3) is 0 Å². The number of sulfonamides is 1. The van der Waals surface area contributed by atoms with Crippen LogP contribution in [0.1, 0.15) is 15.9 Å². The molecule has 0 aliphatic heterocycles. The van der Waals surface area contributed by atoms with Crippen LogP contribution in [-0.2, 0) is 10.0 Å². The highest BCUT2D eigenvalue weighted by atomic mass is 32.2. The van der Waals surface area contributed by atoms with Gasteiger partial charge in [-0.15, -0.1) is 0 Å². The number of carbonyl (C=O) groups is 1. The first kappa shape index (κ1) is 18.4. The van der Waals surface area contributed by atoms with Gasteiger partial charge in [0.05, 0.1) is 28.1 Å². The maximum Gasteiger partial charge on any atom is 0.274 e. The Morgan fingerprint density at radius 3 is 2.44 bits per heavy atom. The van der Waals surface area contributed by atoms with Crippen molar-refractivity contribution >= 4 is 33.0 Å². The number of nitrogens with zero attached hydrogens (tertiary/aromatic N) is 2. The van der Waals surface area contributed by atoms with Gasteiger partial charge in [-0.25, -0.2) is 8.42 Å². The van der Waals surface area contributed by atoms with E-state index in [1.807, 2.05) is 0 Å². The normalized spacial score (nSPS) is 11.0. The van der Waals surface area contributed by atoms with E-state index in [0.29, 0.717) is 16.9 Å². The topological polar surface area (TPSA) is 110 Å². The summed E-state index contributed by atoms with van der Waals surface area (Å²) in [7, 11) is -2.07. The van der Waals surface area contributed by atoms with E-state index >= 15 is 0 Å². The lowest BCUT2D eigenvalue weighted by Crippen LogP contribution is -2.25. The number of rotatable bonds is 5. The summed E-state index contributed by atoms with van der Waals surface area (Å²) in [5.74, 6) is -0.493. The SMILES string of the molecule is Cc1c(NC(=O)c2cccc(N(C)S(C)(=O)=O)c2)cccc1[N+](=O)[O-]. The Morgan fingerprint density at radius 1 is 1.20 bits per heavy atom. The van der Waals surface area contributed by atoms with Crippen LogP contribution in [0.15, 0.2) is 42.5 Å². The van der Waals surface area contributed by atoms with Gasteiger partial charge in [-0.05, 0) is 31.2 Å². The zero-order chi connectivity index (χ0) is 18.8. The Bertz CT molecular complexity index is 941. The molecule has 0 saturated carbocycles. The fraction of sp³-hybridized carbons (Fsp3) is 0.188. The Kier molecular flexibility index (Phi) is 5.07. The van der Waals surface area contributed by atoms with Gasteiger partial charge >= 0.3 is 0 Å². The molecule has 0 unspecified atom stereocenters. The second kappa shape index (κ2) is 6.89. The van der Waals surface area contributed by atoms with Crippen LogP contribution >= 0.6 is 0 Å². The molecule has 0 heterocycles. The lowest BCUT2D eigenvalue weighted by atomic mass is 10.1. The highest BCUT2D eigenvalue weighted by molar-refractivity contribution is 7.92. The molecule has 0 aliphatic carbocycles. The van der Waals surface area contributed by atoms with Gasteiger partial charge in [-0.1, -0.05) is 12.1 Å². The van der Waals surface area contributed by atoms with E-state index < -0.39 is 20.9 Å². The smallest absolute Gasteiger partial charge is 0.274 e. The summed E-state index contributed by atoms with van der Waals surface area (Å²) in [5.41, 5.74) is 1.14. The van der Waals surface area contributed by atoms with Gasteiger partial charge in [0.1, 0.15) is 0 Å². The third-order valence-electron chi connectivity index (χ3n) is 3.72. The zero-order valence-corrected chi connectivity index (χ0v) is 14.7. The number of carbonyl (C=O) groups excluding carboxylic acids is 1. The first-order chi connectivity index (χ1) is 11.6. The predicted octanol–water partition coefficient (Wildman–Crippen LogP) is 2.55. The first-order valence-corrected chi connectivity index (χ1v) is 9.05. The predicted molar refractivity (Wildman–Crippen MR) is 95.5 cm³/mol. The largest absolute Gasteiger partial charge is 0.321 e. The van der Waals surface area contributed by atoms with Crippen LogP contribution < -0.4 is 9.62 Å². The number of nitrogens with one attached hydrogen (secondary N) is 1. The molecule has 0 radical (unpaired) electrons. The van der Waals surface area contributed by atoms with Crippen LogP contribution in [0.4, 0.5) is 17.1 Å². The van der Waals surface area contributed by atoms with Gasteiger partial charge in [0.15, 0.2) is 0 Å². The molecule has 2 aromatic rings. The fourth-order valence-electron chi connectivity index (χ4n) is 2.19. The summed E-state index contributed by atoms with van der Waals surface area (Å²) < 4.78 is 24.3. The Balaban J connectivity index is 2.31. The minimum atomic E-state index is -3.45. The average Bonchev–Trinajstić information content (AvgIpc) is 2.55. The molecule has 0 atom stereocenters. The molecule has 1 amide bonds. The minimum Gasteiger partial charge on any atom is -0.321 e. The molecule has 0 saturated heterocycles. The van der Waals surface area contributed by atoms with Crippen molar-refractivity contribution in [2.24, 2.45) is 0 Å². The average molecular weight is 363 g/mol. The third kappa shape index (κ3) is 4.13. The van der Waals surface area contributed by atoms with Crippen molar-refractivity contribution in [3.8, 4) is 0 Å². The van der Waals surface area contributed by atoms with E-state index in [4.69, 9.17) is 0 Å². The lowest BCUT2D eigenvalue weighted by Gasteiger charge is -2.17. The Hall–Kier alpha value is -2.94. The van der Waals surface area contributed by atoms with Crippen LogP contribution in [0, 0.1) is 17.0 Å². The van der Waals surface area contributed by atoms with Crippen LogP contribution in [0.2, 0.25) is 0 Å². The number of benzene rings is 2. The zero-order valence-electron chi connectivity index (χ0n) is 13.9. The number of nitro benzene ring substituents is 1. The molecule has 0 bridgehead atoms. The minimum absolute atomic E-state index is 0.0941. The van der Waals surface area contributed by atoms with Gasteiger partial charge in [-0.3, -0.25) is 19.2 Å². The molecule has 0 fully saturated rings. The van der Waals surface area contributed by atoms with E-state index in [2.05, 4.69) is 5.32 Å². The maximum atomic E-state index is 12.4. The van der Waals surface area contributed by atoms with Crippen LogP contribution in [0.5, 0.6) is 0 Å². The molecule has 25 heavy (non-hydrogen) atoms. The Morgan fingerprint density at radius 2 is 1.84 bits per heavy atom. The van der Waals surface area contributed by atoms with Gasteiger partial charge in [-0.2, -0.15) is 0 Å². The van der Waals surface area contributed by atoms with Gasteiger partial charge in [0.2, 0.25) is 10.0 Å². The number of amides is 1. The second-order valence-electron chi connectivity index (χ2n) is 5.44. The number of nitro groups is 1. The molecule has 9 heteroatoms. The van der Waals surface area contributed by atoms with E-state index in [9.17, 15) is 23.3 Å². The van der Waals surface area contributed by atoms with Crippen molar-refractivity contribution < 1.29 is 18.1 Å². The summed E-state index contributed by atoms with van der Waals surface area (Å²) in [4.78, 5) is 22.9. The van der Waals surface area contributed by atoms with Crippen molar-refractivity contribution in [1.29, 1.82) is 0 Å². The summed E-state index contributed by atoms with van der Waals surface area (Å²) in [6.07, 6.45) is 1.06. The number of hydrogen-bond acceptors (Lipinski definition) is 5. The van der Waals surface area contributed by atoms with Crippen LogP contribution in [-0.4, -0.2) is 32.6 Å². The number of anilines is 2. The quantitative estimate of drug-likeness (QED) is 0.648. The molecular formula is C16H17N3O5S.